The van der Waals surface area contributed by atoms with E-state index in [0.29, 0.717) is 34.5 Å². The van der Waals surface area contributed by atoms with Gasteiger partial charge in [0.2, 0.25) is 0 Å². The molecule has 3 aliphatic rings. The number of hydrogen-bond donors (Lipinski definition) is 1. The maximum absolute atomic E-state index is 6.38. The molecule has 0 radical (unpaired) electrons. The summed E-state index contributed by atoms with van der Waals surface area (Å²) in [5.74, 6) is 2.36. The average molecular weight is 480 g/mol. The molecule has 3 aliphatic carbocycles. The fraction of sp³-hybridized carbons (Fsp3) is 0.765. The van der Waals surface area contributed by atoms with Gasteiger partial charge in [-0.2, -0.15) is 0 Å². The van der Waals surface area contributed by atoms with Crippen molar-refractivity contribution < 1.29 is 0 Å². The molecule has 35 heavy (non-hydrogen) atoms. The topological polar surface area (TPSA) is 26.0 Å². The van der Waals surface area contributed by atoms with Crippen molar-refractivity contribution in [3.05, 3.63) is 48.2 Å². The molecule has 1 nitrogen and oxygen atoms in total. The molecular formula is C34H57N. The van der Waals surface area contributed by atoms with E-state index in [9.17, 15) is 0 Å². The van der Waals surface area contributed by atoms with Crippen LogP contribution in [0.5, 0.6) is 0 Å². The number of allylic oxidation sites excluding steroid dienone is 6. The van der Waals surface area contributed by atoms with Crippen molar-refractivity contribution in [2.24, 2.45) is 51.1 Å². The van der Waals surface area contributed by atoms with E-state index in [1.54, 1.807) is 5.57 Å². The lowest BCUT2D eigenvalue weighted by atomic mass is 9.43. The van der Waals surface area contributed by atoms with Crippen molar-refractivity contribution in [3.63, 3.8) is 0 Å². The summed E-state index contributed by atoms with van der Waals surface area (Å²) in [4.78, 5) is 0. The molecule has 2 fully saturated rings. The first-order valence-electron chi connectivity index (χ1n) is 14.8. The monoisotopic (exact) mass is 479 g/mol. The van der Waals surface area contributed by atoms with Crippen LogP contribution in [-0.2, 0) is 0 Å². The Morgan fingerprint density at radius 1 is 1.20 bits per heavy atom. The zero-order valence-electron chi connectivity index (χ0n) is 24.6. The van der Waals surface area contributed by atoms with E-state index in [0.717, 1.165) is 5.70 Å². The number of nitrogens with two attached hydrogens (primary N) is 1. The van der Waals surface area contributed by atoms with Crippen molar-refractivity contribution in [2.45, 2.75) is 120 Å². The van der Waals surface area contributed by atoms with Crippen LogP contribution >= 0.6 is 0 Å². The van der Waals surface area contributed by atoms with E-state index in [2.05, 4.69) is 80.2 Å². The predicted octanol–water partition coefficient (Wildman–Crippen LogP) is 10.0. The van der Waals surface area contributed by atoms with Crippen LogP contribution in [0.25, 0.3) is 0 Å². The van der Waals surface area contributed by atoms with Crippen molar-refractivity contribution >= 4 is 0 Å². The summed E-state index contributed by atoms with van der Waals surface area (Å²) in [7, 11) is 0. The highest BCUT2D eigenvalue weighted by molar-refractivity contribution is 5.43. The van der Waals surface area contributed by atoms with E-state index >= 15 is 0 Å². The molecule has 7 atom stereocenters. The smallest absolute Gasteiger partial charge is 0.0125 e. The molecule has 0 bridgehead atoms. The third-order valence-corrected chi connectivity index (χ3v) is 11.3. The molecule has 2 saturated carbocycles. The Balaban J connectivity index is 2.00. The van der Waals surface area contributed by atoms with Gasteiger partial charge < -0.3 is 5.73 Å². The molecule has 7 unspecified atom stereocenters. The van der Waals surface area contributed by atoms with Gasteiger partial charge in [-0.05, 0) is 98.2 Å². The maximum Gasteiger partial charge on any atom is 0.0125 e. The van der Waals surface area contributed by atoms with Gasteiger partial charge in [-0.15, -0.1) is 6.58 Å². The maximum atomic E-state index is 6.38. The fourth-order valence-electron chi connectivity index (χ4n) is 8.75. The fourth-order valence-corrected chi connectivity index (χ4v) is 8.75. The van der Waals surface area contributed by atoms with E-state index in [-0.39, 0.29) is 10.8 Å². The van der Waals surface area contributed by atoms with Crippen LogP contribution in [0.1, 0.15) is 120 Å². The van der Waals surface area contributed by atoms with Gasteiger partial charge in [-0.3, -0.25) is 0 Å². The SMILES string of the molecule is C=CC(C)C1CCC2(C)C(=CC(=C)C3CC(CCC)(CCC(C)(C)CC)CCC32)C1(C)/C=C(\C)N. The molecule has 0 heterocycles. The number of hydrogen-bond acceptors (Lipinski definition) is 1. The molecule has 0 saturated heterocycles. The third kappa shape index (κ3) is 5.26. The Labute approximate surface area is 218 Å². The minimum atomic E-state index is -0.0313. The van der Waals surface area contributed by atoms with Crippen LogP contribution in [0.3, 0.4) is 0 Å². The first-order valence-corrected chi connectivity index (χ1v) is 14.8. The first-order chi connectivity index (χ1) is 16.3. The highest BCUT2D eigenvalue weighted by Crippen LogP contribution is 2.67. The van der Waals surface area contributed by atoms with E-state index < -0.39 is 0 Å². The molecule has 0 aliphatic heterocycles. The van der Waals surface area contributed by atoms with Gasteiger partial charge >= 0.3 is 0 Å². The minimum absolute atomic E-state index is 0.0313. The van der Waals surface area contributed by atoms with Gasteiger partial charge in [0.25, 0.3) is 0 Å². The second-order valence-corrected chi connectivity index (χ2v) is 14.2. The van der Waals surface area contributed by atoms with E-state index in [4.69, 9.17) is 12.3 Å². The van der Waals surface area contributed by atoms with Crippen LogP contribution in [0.2, 0.25) is 0 Å². The normalized spacial score (nSPS) is 38.9. The van der Waals surface area contributed by atoms with Crippen molar-refractivity contribution in [1.29, 1.82) is 0 Å². The van der Waals surface area contributed by atoms with Gasteiger partial charge in [-0.25, -0.2) is 0 Å². The summed E-state index contributed by atoms with van der Waals surface area (Å²) in [6, 6.07) is 0. The largest absolute Gasteiger partial charge is 0.402 e. The van der Waals surface area contributed by atoms with Gasteiger partial charge in [0.05, 0.1) is 0 Å². The molecule has 0 aromatic heterocycles. The van der Waals surface area contributed by atoms with Crippen molar-refractivity contribution in [1.82, 2.24) is 0 Å². The number of fused-ring (bicyclic) bond motifs is 3. The minimum Gasteiger partial charge on any atom is -0.402 e. The molecule has 3 rings (SSSR count). The van der Waals surface area contributed by atoms with Crippen LogP contribution in [0.4, 0.5) is 0 Å². The molecule has 1 heteroatoms. The van der Waals surface area contributed by atoms with Crippen LogP contribution in [0, 0.1) is 45.3 Å². The van der Waals surface area contributed by atoms with Gasteiger partial charge in [-0.1, -0.05) is 97.3 Å². The van der Waals surface area contributed by atoms with Crippen LogP contribution < -0.4 is 5.73 Å². The standard InChI is InChI=1S/C34H57N/c1-11-16-34(20-19-31(7,8)13-3)18-15-29-27(23-34)25(5)21-30-32(29,9)17-14-28(24(4)12-2)33(30,10)22-26(6)35/h12,21-22,24,27-29H,2,5,11,13-20,23,35H2,1,3-4,6-10H3/b26-22+. The molecule has 0 aromatic rings. The summed E-state index contributed by atoms with van der Waals surface area (Å²) in [5.41, 5.74) is 11.5. The molecule has 0 amide bonds. The van der Waals surface area contributed by atoms with Gasteiger partial charge in [0.1, 0.15) is 0 Å². The molecule has 0 spiro atoms. The van der Waals surface area contributed by atoms with E-state index in [1.807, 2.05) is 0 Å². The lowest BCUT2D eigenvalue weighted by molar-refractivity contribution is -0.0140. The van der Waals surface area contributed by atoms with E-state index in [1.165, 1.54) is 69.8 Å². The van der Waals surface area contributed by atoms with Crippen LogP contribution in [0.15, 0.2) is 48.2 Å². The van der Waals surface area contributed by atoms with Crippen LogP contribution in [-0.4, -0.2) is 0 Å². The molecular weight excluding hydrogens is 422 g/mol. The summed E-state index contributed by atoms with van der Waals surface area (Å²) in [6.07, 6.45) is 20.4. The van der Waals surface area contributed by atoms with Crippen molar-refractivity contribution in [2.75, 3.05) is 0 Å². The quantitative estimate of drug-likeness (QED) is 0.327. The predicted molar refractivity (Wildman–Crippen MR) is 155 cm³/mol. The van der Waals surface area contributed by atoms with Gasteiger partial charge in [0, 0.05) is 11.1 Å². The molecule has 2 N–H and O–H groups in total. The molecule has 198 valence electrons. The lowest BCUT2D eigenvalue weighted by Crippen LogP contribution is -2.52. The summed E-state index contributed by atoms with van der Waals surface area (Å²) < 4.78 is 0. The lowest BCUT2D eigenvalue weighted by Gasteiger charge is -2.61. The summed E-state index contributed by atoms with van der Waals surface area (Å²) in [6.45, 7) is 28.1. The summed E-state index contributed by atoms with van der Waals surface area (Å²) >= 11 is 0. The van der Waals surface area contributed by atoms with Gasteiger partial charge in [0.15, 0.2) is 0 Å². The van der Waals surface area contributed by atoms with Crippen molar-refractivity contribution in [3.8, 4) is 0 Å². The highest BCUT2D eigenvalue weighted by Gasteiger charge is 2.58. The highest BCUT2D eigenvalue weighted by atomic mass is 14.6. The zero-order valence-corrected chi connectivity index (χ0v) is 24.6. The Morgan fingerprint density at radius 3 is 2.46 bits per heavy atom. The Bertz CT molecular complexity index is 854. The second kappa shape index (κ2) is 10.3. The first kappa shape index (κ1) is 28.3. The second-order valence-electron chi connectivity index (χ2n) is 14.2. The Hall–Kier alpha value is -1.24. The Morgan fingerprint density at radius 2 is 1.89 bits per heavy atom. The number of rotatable bonds is 9. The molecule has 0 aromatic carbocycles. The third-order valence-electron chi connectivity index (χ3n) is 11.3. The Kier molecular flexibility index (Phi) is 8.30. The zero-order chi connectivity index (χ0) is 26.2. The summed E-state index contributed by atoms with van der Waals surface area (Å²) in [5, 5.41) is 0. The average Bonchev–Trinajstić information content (AvgIpc) is 2.79.